The quantitative estimate of drug-likeness (QED) is 0.785. The Balaban J connectivity index is 2.69. The fraction of sp³-hybridized carbons (Fsp3) is 0.455. The van der Waals surface area contributed by atoms with Crippen molar-refractivity contribution in [3.8, 4) is 0 Å². The van der Waals surface area contributed by atoms with Crippen LogP contribution in [0, 0.1) is 0 Å². The molecule has 0 amide bonds. The van der Waals surface area contributed by atoms with E-state index in [1.807, 2.05) is 7.05 Å². The predicted octanol–water partition coefficient (Wildman–Crippen LogP) is 2.56. The van der Waals surface area contributed by atoms with E-state index in [-0.39, 0.29) is 5.56 Å². The second-order valence-corrected chi connectivity index (χ2v) is 3.44. The zero-order valence-corrected chi connectivity index (χ0v) is 8.48. The molecule has 1 aromatic carbocycles. The van der Waals surface area contributed by atoms with Crippen molar-refractivity contribution >= 4 is 0 Å². The Kier molecular flexibility index (Phi) is 3.58. The van der Waals surface area contributed by atoms with Gasteiger partial charge in [0.15, 0.2) is 0 Å². The number of benzene rings is 1. The van der Waals surface area contributed by atoms with Gasteiger partial charge in [0.2, 0.25) is 0 Å². The number of likely N-dealkylation sites (N-methyl/N-ethyl adjacent to an activating group) is 1. The van der Waals surface area contributed by atoms with E-state index in [9.17, 15) is 8.78 Å². The van der Waals surface area contributed by atoms with Crippen LogP contribution in [0.3, 0.4) is 0 Å². The molecule has 0 aromatic heterocycles. The first kappa shape index (κ1) is 11.1. The highest BCUT2D eigenvalue weighted by atomic mass is 19.3. The highest BCUT2D eigenvalue weighted by Gasteiger charge is 2.23. The summed E-state index contributed by atoms with van der Waals surface area (Å²) in [6.45, 7) is 1.78. The Morgan fingerprint density at radius 2 is 1.79 bits per heavy atom. The standard InChI is InChI=1S/C11H15F2N/c1-11(12,13)10-5-3-9(4-6-10)7-8-14-2/h3-6,14H,7-8H2,1-2H3. The van der Waals surface area contributed by atoms with Gasteiger partial charge in [-0.2, -0.15) is 0 Å². The maximum atomic E-state index is 12.8. The first-order valence-corrected chi connectivity index (χ1v) is 4.66. The average Bonchev–Trinajstić information content (AvgIpc) is 2.14. The van der Waals surface area contributed by atoms with Crippen molar-refractivity contribution in [3.05, 3.63) is 35.4 Å². The van der Waals surface area contributed by atoms with E-state index >= 15 is 0 Å². The Hall–Kier alpha value is -0.960. The van der Waals surface area contributed by atoms with Gasteiger partial charge in [-0.25, -0.2) is 8.78 Å². The molecular weight excluding hydrogens is 184 g/mol. The molecule has 0 atom stereocenters. The van der Waals surface area contributed by atoms with Crippen molar-refractivity contribution < 1.29 is 8.78 Å². The largest absolute Gasteiger partial charge is 0.319 e. The van der Waals surface area contributed by atoms with Crippen molar-refractivity contribution in [2.45, 2.75) is 19.3 Å². The molecule has 0 saturated heterocycles. The summed E-state index contributed by atoms with van der Waals surface area (Å²) in [5, 5.41) is 3.01. The summed E-state index contributed by atoms with van der Waals surface area (Å²) in [6, 6.07) is 6.49. The van der Waals surface area contributed by atoms with E-state index in [1.165, 1.54) is 12.1 Å². The maximum Gasteiger partial charge on any atom is 0.270 e. The van der Waals surface area contributed by atoms with Gasteiger partial charge in [0.1, 0.15) is 0 Å². The SMILES string of the molecule is CNCCc1ccc(C(C)(F)F)cc1. The minimum Gasteiger partial charge on any atom is -0.319 e. The van der Waals surface area contributed by atoms with Gasteiger partial charge in [0, 0.05) is 12.5 Å². The van der Waals surface area contributed by atoms with Crippen LogP contribution >= 0.6 is 0 Å². The maximum absolute atomic E-state index is 12.8. The van der Waals surface area contributed by atoms with Crippen molar-refractivity contribution in [2.24, 2.45) is 0 Å². The van der Waals surface area contributed by atoms with Gasteiger partial charge in [-0.1, -0.05) is 24.3 Å². The van der Waals surface area contributed by atoms with Crippen molar-refractivity contribution in [1.29, 1.82) is 0 Å². The lowest BCUT2D eigenvalue weighted by atomic mass is 10.1. The molecule has 14 heavy (non-hydrogen) atoms. The van der Waals surface area contributed by atoms with Crippen LogP contribution in [0.4, 0.5) is 8.78 Å². The molecule has 0 aliphatic carbocycles. The predicted molar refractivity (Wildman–Crippen MR) is 53.6 cm³/mol. The van der Waals surface area contributed by atoms with Gasteiger partial charge >= 0.3 is 0 Å². The van der Waals surface area contributed by atoms with Crippen LogP contribution in [0.2, 0.25) is 0 Å². The molecule has 0 aliphatic rings. The van der Waals surface area contributed by atoms with Gasteiger partial charge in [-0.05, 0) is 25.6 Å². The number of nitrogens with one attached hydrogen (secondary N) is 1. The number of alkyl halides is 2. The molecule has 0 unspecified atom stereocenters. The minimum atomic E-state index is -2.73. The third-order valence-electron chi connectivity index (χ3n) is 2.12. The van der Waals surface area contributed by atoms with Gasteiger partial charge in [0.25, 0.3) is 5.92 Å². The Morgan fingerprint density at radius 1 is 1.21 bits per heavy atom. The number of hydrogen-bond donors (Lipinski definition) is 1. The van der Waals surface area contributed by atoms with E-state index in [0.717, 1.165) is 25.5 Å². The smallest absolute Gasteiger partial charge is 0.270 e. The average molecular weight is 199 g/mol. The molecule has 1 aromatic rings. The third kappa shape index (κ3) is 3.07. The molecule has 1 rings (SSSR count). The number of hydrogen-bond acceptors (Lipinski definition) is 1. The topological polar surface area (TPSA) is 12.0 Å². The molecular formula is C11H15F2N. The minimum absolute atomic E-state index is 0.0747. The fourth-order valence-corrected chi connectivity index (χ4v) is 1.23. The monoisotopic (exact) mass is 199 g/mol. The van der Waals surface area contributed by atoms with Gasteiger partial charge < -0.3 is 5.32 Å². The summed E-state index contributed by atoms with van der Waals surface area (Å²) in [4.78, 5) is 0. The highest BCUT2D eigenvalue weighted by molar-refractivity contribution is 5.25. The molecule has 0 bridgehead atoms. The summed E-state index contributed by atoms with van der Waals surface area (Å²) in [5.41, 5.74) is 1.15. The molecule has 0 radical (unpaired) electrons. The Labute approximate surface area is 83.1 Å². The van der Waals surface area contributed by atoms with E-state index in [2.05, 4.69) is 5.32 Å². The lowest BCUT2D eigenvalue weighted by Crippen LogP contribution is -2.11. The zero-order valence-electron chi connectivity index (χ0n) is 8.48. The van der Waals surface area contributed by atoms with E-state index in [1.54, 1.807) is 12.1 Å². The summed E-state index contributed by atoms with van der Waals surface area (Å²) >= 11 is 0. The molecule has 3 heteroatoms. The van der Waals surface area contributed by atoms with Crippen molar-refractivity contribution in [2.75, 3.05) is 13.6 Å². The first-order chi connectivity index (χ1) is 6.54. The second kappa shape index (κ2) is 4.51. The second-order valence-electron chi connectivity index (χ2n) is 3.44. The lowest BCUT2D eigenvalue weighted by molar-refractivity contribution is 0.0174. The lowest BCUT2D eigenvalue weighted by Gasteiger charge is -2.10. The molecule has 0 saturated carbocycles. The van der Waals surface area contributed by atoms with Gasteiger partial charge in [0.05, 0.1) is 0 Å². The van der Waals surface area contributed by atoms with Crippen LogP contribution in [-0.2, 0) is 12.3 Å². The number of rotatable bonds is 4. The third-order valence-corrected chi connectivity index (χ3v) is 2.12. The number of halogens is 2. The molecule has 78 valence electrons. The Bertz CT molecular complexity index is 274. The summed E-state index contributed by atoms with van der Waals surface area (Å²) < 4.78 is 25.7. The van der Waals surface area contributed by atoms with Crippen LogP contribution in [0.5, 0.6) is 0 Å². The van der Waals surface area contributed by atoms with Crippen molar-refractivity contribution in [1.82, 2.24) is 5.32 Å². The van der Waals surface area contributed by atoms with Crippen molar-refractivity contribution in [3.63, 3.8) is 0 Å². The zero-order chi connectivity index (χ0) is 10.6. The van der Waals surface area contributed by atoms with E-state index in [0.29, 0.717) is 0 Å². The van der Waals surface area contributed by atoms with Crippen LogP contribution in [-0.4, -0.2) is 13.6 Å². The van der Waals surface area contributed by atoms with Crippen LogP contribution < -0.4 is 5.32 Å². The van der Waals surface area contributed by atoms with Gasteiger partial charge in [-0.15, -0.1) is 0 Å². The molecule has 1 N–H and O–H groups in total. The van der Waals surface area contributed by atoms with Crippen LogP contribution in [0.15, 0.2) is 24.3 Å². The van der Waals surface area contributed by atoms with E-state index in [4.69, 9.17) is 0 Å². The molecule has 1 nitrogen and oxygen atoms in total. The van der Waals surface area contributed by atoms with Crippen LogP contribution in [0.1, 0.15) is 18.1 Å². The molecule has 0 spiro atoms. The summed E-state index contributed by atoms with van der Waals surface area (Å²) in [7, 11) is 1.87. The summed E-state index contributed by atoms with van der Waals surface area (Å²) in [5.74, 6) is -2.73. The molecule has 0 fully saturated rings. The fourth-order valence-electron chi connectivity index (χ4n) is 1.23. The molecule has 0 aliphatic heterocycles. The normalized spacial score (nSPS) is 11.7. The van der Waals surface area contributed by atoms with E-state index < -0.39 is 5.92 Å². The Morgan fingerprint density at radius 3 is 2.21 bits per heavy atom. The van der Waals surface area contributed by atoms with Gasteiger partial charge in [-0.3, -0.25) is 0 Å². The summed E-state index contributed by atoms with van der Waals surface area (Å²) in [6.07, 6.45) is 0.867. The highest BCUT2D eigenvalue weighted by Crippen LogP contribution is 2.26. The first-order valence-electron chi connectivity index (χ1n) is 4.66. The molecule has 0 heterocycles. The van der Waals surface area contributed by atoms with Crippen LogP contribution in [0.25, 0.3) is 0 Å².